The van der Waals surface area contributed by atoms with Gasteiger partial charge in [0.05, 0.1) is 5.56 Å². The minimum atomic E-state index is -0.481. The Morgan fingerprint density at radius 2 is 1.91 bits per heavy atom. The van der Waals surface area contributed by atoms with Crippen LogP contribution in [0.15, 0.2) is 24.3 Å². The quantitative estimate of drug-likeness (QED) is 0.780. The number of phenols is 1. The van der Waals surface area contributed by atoms with Crippen molar-refractivity contribution in [3.8, 4) is 5.75 Å². The summed E-state index contributed by atoms with van der Waals surface area (Å²) in [6, 6.07) is 5.77. The first-order valence-corrected chi connectivity index (χ1v) is 3.51. The molecule has 0 fully saturated rings. The molecule has 0 amide bonds. The van der Waals surface area contributed by atoms with Crippen LogP contribution in [0.4, 0.5) is 0 Å². The molecule has 0 saturated heterocycles. The number of carbonyl (C=O) groups is 1. The molecule has 1 rings (SSSR count). The molecule has 0 aliphatic rings. The lowest BCUT2D eigenvalue weighted by molar-refractivity contribution is 0.0782. The predicted octanol–water partition coefficient (Wildman–Crippen LogP) is 1.86. The van der Waals surface area contributed by atoms with E-state index in [9.17, 15) is 4.79 Å². The van der Waals surface area contributed by atoms with Crippen molar-refractivity contribution in [2.45, 2.75) is 0 Å². The first kappa shape index (κ1) is 8.07. The zero-order valence-electron chi connectivity index (χ0n) is 5.45. The topological polar surface area (TPSA) is 46.5 Å². The van der Waals surface area contributed by atoms with Crippen LogP contribution < -0.4 is 0 Å². The van der Waals surface area contributed by atoms with Crippen LogP contribution in [0.5, 0.6) is 5.75 Å². The smallest absolute Gasteiger partial charge is 0.349 e. The van der Waals surface area contributed by atoms with E-state index in [0.29, 0.717) is 5.56 Å². The fraction of sp³-hybridized carbons (Fsp3) is 0. The number of hydrogen-bond acceptors (Lipinski definition) is 3. The fourth-order valence-corrected chi connectivity index (χ4v) is 0.829. The summed E-state index contributed by atoms with van der Waals surface area (Å²) in [4.78, 5) is 10.8. The van der Waals surface area contributed by atoms with Crippen molar-refractivity contribution in [2.75, 3.05) is 0 Å². The standard InChI is InChI=1S/C7H5BrO3/c8-11-7(10)5-1-3-6(9)4-2-5/h1-4,9H. The number of benzene rings is 1. The number of aromatic hydroxyl groups is 1. The summed E-state index contributed by atoms with van der Waals surface area (Å²) in [5.41, 5.74) is 0.389. The highest BCUT2D eigenvalue weighted by atomic mass is 79.9. The molecular formula is C7H5BrO3. The Morgan fingerprint density at radius 1 is 1.36 bits per heavy atom. The van der Waals surface area contributed by atoms with Crippen LogP contribution in [0.3, 0.4) is 0 Å². The minimum Gasteiger partial charge on any atom is -0.508 e. The molecule has 0 spiro atoms. The monoisotopic (exact) mass is 216 g/mol. The molecule has 1 aromatic carbocycles. The lowest BCUT2D eigenvalue weighted by atomic mass is 10.2. The van der Waals surface area contributed by atoms with Crippen molar-refractivity contribution in [3.05, 3.63) is 29.8 Å². The Kier molecular flexibility index (Phi) is 2.48. The van der Waals surface area contributed by atoms with E-state index in [1.165, 1.54) is 24.3 Å². The van der Waals surface area contributed by atoms with E-state index in [1.807, 2.05) is 0 Å². The molecule has 0 aromatic heterocycles. The third-order valence-corrected chi connectivity index (χ3v) is 1.47. The maximum absolute atomic E-state index is 10.8. The van der Waals surface area contributed by atoms with E-state index in [0.717, 1.165) is 0 Å². The van der Waals surface area contributed by atoms with E-state index >= 15 is 0 Å². The van der Waals surface area contributed by atoms with Gasteiger partial charge in [-0.3, -0.25) is 0 Å². The molecule has 0 heterocycles. The van der Waals surface area contributed by atoms with E-state index < -0.39 is 5.97 Å². The van der Waals surface area contributed by atoms with Gasteiger partial charge in [0.1, 0.15) is 5.75 Å². The molecule has 1 aromatic rings. The number of hydrogen-bond donors (Lipinski definition) is 1. The van der Waals surface area contributed by atoms with Crippen molar-refractivity contribution >= 4 is 22.2 Å². The normalized spacial score (nSPS) is 9.18. The van der Waals surface area contributed by atoms with E-state index in [-0.39, 0.29) is 5.75 Å². The van der Waals surface area contributed by atoms with Gasteiger partial charge in [0, 0.05) is 0 Å². The Morgan fingerprint density at radius 3 is 2.36 bits per heavy atom. The van der Waals surface area contributed by atoms with Gasteiger partial charge >= 0.3 is 5.97 Å². The van der Waals surface area contributed by atoms with E-state index in [1.54, 1.807) is 0 Å². The lowest BCUT2D eigenvalue weighted by Gasteiger charge is -1.95. The number of halogens is 1. The average molecular weight is 217 g/mol. The molecule has 11 heavy (non-hydrogen) atoms. The molecule has 0 saturated carbocycles. The molecule has 0 unspecified atom stereocenters. The Bertz CT molecular complexity index is 255. The molecule has 0 bridgehead atoms. The zero-order chi connectivity index (χ0) is 8.27. The van der Waals surface area contributed by atoms with Crippen LogP contribution in [0.25, 0.3) is 0 Å². The van der Waals surface area contributed by atoms with Crippen molar-refractivity contribution in [1.82, 2.24) is 0 Å². The van der Waals surface area contributed by atoms with Crippen molar-refractivity contribution in [2.24, 2.45) is 0 Å². The summed E-state index contributed by atoms with van der Waals surface area (Å²) in [7, 11) is 0. The highest BCUT2D eigenvalue weighted by Gasteiger charge is 2.03. The van der Waals surface area contributed by atoms with Crippen molar-refractivity contribution in [3.63, 3.8) is 0 Å². The predicted molar refractivity (Wildman–Crippen MR) is 42.4 cm³/mol. The van der Waals surface area contributed by atoms with Gasteiger partial charge in [-0.05, 0) is 24.3 Å². The second-order valence-corrected chi connectivity index (χ2v) is 2.24. The van der Waals surface area contributed by atoms with Gasteiger partial charge in [0.15, 0.2) is 16.3 Å². The van der Waals surface area contributed by atoms with Gasteiger partial charge in [-0.25, -0.2) is 4.79 Å². The third kappa shape index (κ3) is 1.94. The van der Waals surface area contributed by atoms with E-state index in [2.05, 4.69) is 20.1 Å². The second kappa shape index (κ2) is 3.39. The third-order valence-electron chi connectivity index (χ3n) is 1.17. The molecule has 58 valence electrons. The van der Waals surface area contributed by atoms with E-state index in [4.69, 9.17) is 5.11 Å². The molecule has 0 radical (unpaired) electrons. The van der Waals surface area contributed by atoms with Gasteiger partial charge in [-0.2, -0.15) is 0 Å². The minimum absolute atomic E-state index is 0.121. The Balaban J connectivity index is 2.90. The molecule has 0 atom stereocenters. The van der Waals surface area contributed by atoms with Gasteiger partial charge in [-0.15, -0.1) is 0 Å². The lowest BCUT2D eigenvalue weighted by Crippen LogP contribution is -1.95. The molecule has 1 N–H and O–H groups in total. The Hall–Kier alpha value is -1.03. The number of phenolic OH excluding ortho intramolecular Hbond substituents is 1. The SMILES string of the molecule is O=C(OBr)c1ccc(O)cc1. The molecule has 4 heteroatoms. The van der Waals surface area contributed by atoms with Crippen LogP contribution in [0, 0.1) is 0 Å². The second-order valence-electron chi connectivity index (χ2n) is 1.91. The summed E-state index contributed by atoms with van der Waals surface area (Å²) in [6.45, 7) is 0. The zero-order valence-corrected chi connectivity index (χ0v) is 7.04. The first-order chi connectivity index (χ1) is 5.24. The highest BCUT2D eigenvalue weighted by molar-refractivity contribution is 9.06. The first-order valence-electron chi connectivity index (χ1n) is 2.86. The molecule has 3 nitrogen and oxygen atoms in total. The maximum atomic E-state index is 10.8. The van der Waals surface area contributed by atoms with Crippen molar-refractivity contribution < 1.29 is 13.7 Å². The number of carbonyl (C=O) groups excluding carboxylic acids is 1. The molecule has 0 aliphatic heterocycles. The fourth-order valence-electron chi connectivity index (χ4n) is 0.642. The van der Waals surface area contributed by atoms with Crippen LogP contribution in [0.1, 0.15) is 10.4 Å². The van der Waals surface area contributed by atoms with Crippen LogP contribution in [-0.2, 0) is 3.83 Å². The average Bonchev–Trinajstić information content (AvgIpc) is 2.05. The van der Waals surface area contributed by atoms with Crippen LogP contribution in [0.2, 0.25) is 0 Å². The maximum Gasteiger partial charge on any atom is 0.349 e. The van der Waals surface area contributed by atoms with Crippen LogP contribution >= 0.6 is 16.3 Å². The Labute approximate surface area is 72.1 Å². The largest absolute Gasteiger partial charge is 0.508 e. The summed E-state index contributed by atoms with van der Waals surface area (Å²) in [5.74, 6) is -0.360. The summed E-state index contributed by atoms with van der Waals surface area (Å²) >= 11 is 2.56. The highest BCUT2D eigenvalue weighted by Crippen LogP contribution is 2.11. The number of rotatable bonds is 1. The molecule has 0 aliphatic carbocycles. The van der Waals surface area contributed by atoms with Gasteiger partial charge in [0.2, 0.25) is 0 Å². The van der Waals surface area contributed by atoms with Gasteiger partial charge in [-0.1, -0.05) is 0 Å². The van der Waals surface area contributed by atoms with Crippen LogP contribution in [-0.4, -0.2) is 11.1 Å². The summed E-state index contributed by atoms with van der Waals surface area (Å²) < 4.78 is 4.27. The van der Waals surface area contributed by atoms with Crippen molar-refractivity contribution in [1.29, 1.82) is 0 Å². The van der Waals surface area contributed by atoms with Gasteiger partial charge in [0.25, 0.3) is 0 Å². The molecular weight excluding hydrogens is 212 g/mol. The summed E-state index contributed by atoms with van der Waals surface area (Å²) in [5, 5.41) is 8.85. The van der Waals surface area contributed by atoms with Gasteiger partial charge < -0.3 is 8.93 Å². The summed E-state index contributed by atoms with van der Waals surface area (Å²) in [6.07, 6.45) is 0.